The molecule has 2 nitrogen and oxygen atoms in total. The predicted molar refractivity (Wildman–Crippen MR) is 81.1 cm³/mol. The molecule has 1 amide bonds. The molecule has 2 aliphatic rings. The van der Waals surface area contributed by atoms with E-state index >= 15 is 0 Å². The van der Waals surface area contributed by atoms with Gasteiger partial charge < -0.3 is 4.90 Å². The highest BCUT2D eigenvalue weighted by molar-refractivity contribution is 6.09. The van der Waals surface area contributed by atoms with E-state index in [1.54, 1.807) is 0 Å². The van der Waals surface area contributed by atoms with Crippen molar-refractivity contribution >= 4 is 16.7 Å². The van der Waals surface area contributed by atoms with E-state index in [-0.39, 0.29) is 5.91 Å². The molecule has 1 fully saturated rings. The van der Waals surface area contributed by atoms with Crippen LogP contribution < -0.4 is 0 Å². The zero-order chi connectivity index (χ0) is 13.5. The number of carbonyl (C=O) groups is 1. The zero-order valence-electron chi connectivity index (χ0n) is 11.7. The second-order valence-electron chi connectivity index (χ2n) is 5.96. The van der Waals surface area contributed by atoms with Crippen molar-refractivity contribution in [3.8, 4) is 0 Å². The van der Waals surface area contributed by atoms with Crippen molar-refractivity contribution in [1.29, 1.82) is 0 Å². The molecule has 1 aliphatic carbocycles. The number of nitrogens with zero attached hydrogens (tertiary/aromatic N) is 1. The third-order valence-corrected chi connectivity index (χ3v) is 4.75. The van der Waals surface area contributed by atoms with Gasteiger partial charge in [-0.1, -0.05) is 24.3 Å². The average molecular weight is 265 g/mol. The summed E-state index contributed by atoms with van der Waals surface area (Å²) >= 11 is 0. The minimum atomic E-state index is 0.223. The van der Waals surface area contributed by atoms with Crippen LogP contribution in [-0.4, -0.2) is 23.9 Å². The Balaban J connectivity index is 1.82. The van der Waals surface area contributed by atoms with Crippen LogP contribution in [0.3, 0.4) is 0 Å². The molecule has 2 aromatic carbocycles. The average Bonchev–Trinajstić information content (AvgIpc) is 2.93. The summed E-state index contributed by atoms with van der Waals surface area (Å²) < 4.78 is 0. The van der Waals surface area contributed by atoms with E-state index in [0.29, 0.717) is 0 Å². The molecule has 1 aliphatic heterocycles. The van der Waals surface area contributed by atoms with Gasteiger partial charge in [0.25, 0.3) is 5.91 Å². The maximum atomic E-state index is 12.8. The first-order valence-corrected chi connectivity index (χ1v) is 7.67. The molecule has 2 aromatic rings. The summed E-state index contributed by atoms with van der Waals surface area (Å²) in [5.74, 6) is 0.223. The molecule has 2 heteroatoms. The van der Waals surface area contributed by atoms with Crippen molar-refractivity contribution in [2.75, 3.05) is 13.1 Å². The van der Waals surface area contributed by atoms with E-state index in [1.165, 1.54) is 22.9 Å². The van der Waals surface area contributed by atoms with Gasteiger partial charge in [-0.25, -0.2) is 0 Å². The number of hydrogen-bond acceptors (Lipinski definition) is 1. The highest BCUT2D eigenvalue weighted by atomic mass is 16.2. The topological polar surface area (TPSA) is 20.3 Å². The minimum Gasteiger partial charge on any atom is -0.339 e. The van der Waals surface area contributed by atoms with Gasteiger partial charge in [-0.05, 0) is 60.1 Å². The van der Waals surface area contributed by atoms with E-state index in [9.17, 15) is 4.79 Å². The van der Waals surface area contributed by atoms with Crippen molar-refractivity contribution < 1.29 is 4.79 Å². The minimum absolute atomic E-state index is 0.223. The van der Waals surface area contributed by atoms with E-state index in [1.807, 2.05) is 11.0 Å². The number of piperidine rings is 1. The first-order chi connectivity index (χ1) is 9.84. The number of rotatable bonds is 1. The quantitative estimate of drug-likeness (QED) is 0.772. The van der Waals surface area contributed by atoms with Gasteiger partial charge in [-0.3, -0.25) is 4.79 Å². The Morgan fingerprint density at radius 2 is 1.65 bits per heavy atom. The smallest absolute Gasteiger partial charge is 0.254 e. The Morgan fingerprint density at radius 1 is 0.900 bits per heavy atom. The number of likely N-dealkylation sites (tertiary alicyclic amines) is 1. The molecule has 1 saturated heterocycles. The third kappa shape index (κ3) is 1.75. The van der Waals surface area contributed by atoms with Crippen LogP contribution in [0.5, 0.6) is 0 Å². The molecule has 0 aromatic heterocycles. The van der Waals surface area contributed by atoms with Gasteiger partial charge >= 0.3 is 0 Å². The number of amides is 1. The van der Waals surface area contributed by atoms with E-state index in [4.69, 9.17) is 0 Å². The van der Waals surface area contributed by atoms with Crippen molar-refractivity contribution in [3.05, 3.63) is 47.0 Å². The summed E-state index contributed by atoms with van der Waals surface area (Å²) in [6, 6.07) is 10.6. The fourth-order valence-corrected chi connectivity index (χ4v) is 3.70. The molecule has 0 N–H and O–H groups in total. The second kappa shape index (κ2) is 4.62. The maximum absolute atomic E-state index is 12.8. The lowest BCUT2D eigenvalue weighted by molar-refractivity contribution is 0.0726. The summed E-state index contributed by atoms with van der Waals surface area (Å²) in [5, 5.41) is 2.50. The van der Waals surface area contributed by atoms with Gasteiger partial charge in [-0.15, -0.1) is 0 Å². The van der Waals surface area contributed by atoms with Gasteiger partial charge in [0.1, 0.15) is 0 Å². The molecule has 4 rings (SSSR count). The summed E-state index contributed by atoms with van der Waals surface area (Å²) in [5.41, 5.74) is 3.71. The van der Waals surface area contributed by atoms with Crippen LogP contribution in [0.15, 0.2) is 30.3 Å². The van der Waals surface area contributed by atoms with Crippen LogP contribution >= 0.6 is 0 Å². The predicted octanol–water partition coefficient (Wildman–Crippen LogP) is 3.56. The third-order valence-electron chi connectivity index (χ3n) is 4.75. The van der Waals surface area contributed by atoms with Crippen LogP contribution in [0.2, 0.25) is 0 Å². The van der Waals surface area contributed by atoms with Gasteiger partial charge in [0.05, 0.1) is 0 Å². The highest BCUT2D eigenvalue weighted by Crippen LogP contribution is 2.33. The van der Waals surface area contributed by atoms with Crippen LogP contribution in [-0.2, 0) is 12.8 Å². The Labute approximate surface area is 119 Å². The Hall–Kier alpha value is -1.83. The lowest BCUT2D eigenvalue weighted by atomic mass is 9.98. The Kier molecular flexibility index (Phi) is 2.76. The number of aryl methyl sites for hydroxylation is 2. The molecule has 0 bridgehead atoms. The van der Waals surface area contributed by atoms with Crippen LogP contribution in [0, 0.1) is 0 Å². The molecule has 0 spiro atoms. The van der Waals surface area contributed by atoms with Gasteiger partial charge in [0, 0.05) is 18.7 Å². The van der Waals surface area contributed by atoms with E-state index < -0.39 is 0 Å². The SMILES string of the molecule is O=C(c1ccc2c3c(cccc13)CC2)N1CCCCC1. The Bertz CT molecular complexity index is 673. The van der Waals surface area contributed by atoms with Crippen molar-refractivity contribution in [2.24, 2.45) is 0 Å². The molecule has 0 atom stereocenters. The number of hydrogen-bond donors (Lipinski definition) is 0. The fraction of sp³-hybridized carbons (Fsp3) is 0.389. The molecule has 1 heterocycles. The van der Waals surface area contributed by atoms with Gasteiger partial charge in [0.15, 0.2) is 0 Å². The molecular weight excluding hydrogens is 246 g/mol. The molecule has 0 unspecified atom stereocenters. The first kappa shape index (κ1) is 12.0. The Morgan fingerprint density at radius 3 is 2.45 bits per heavy atom. The lowest BCUT2D eigenvalue weighted by Crippen LogP contribution is -2.35. The summed E-state index contributed by atoms with van der Waals surface area (Å²) in [7, 11) is 0. The normalized spacial score (nSPS) is 17.7. The molecule has 0 radical (unpaired) electrons. The molecule has 20 heavy (non-hydrogen) atoms. The fourth-order valence-electron chi connectivity index (χ4n) is 3.70. The molecular formula is C18H19NO. The standard InChI is InChI=1S/C18H19NO/c20-18(19-11-2-1-3-12-19)16-10-9-14-8-7-13-5-4-6-15(16)17(13)14/h4-6,9-10H,1-3,7-8,11-12H2. The van der Waals surface area contributed by atoms with Crippen molar-refractivity contribution in [3.63, 3.8) is 0 Å². The van der Waals surface area contributed by atoms with E-state index in [0.717, 1.165) is 49.7 Å². The first-order valence-electron chi connectivity index (χ1n) is 7.67. The molecule has 102 valence electrons. The van der Waals surface area contributed by atoms with Gasteiger partial charge in [0.2, 0.25) is 0 Å². The zero-order valence-corrected chi connectivity index (χ0v) is 11.7. The van der Waals surface area contributed by atoms with Crippen LogP contribution in [0.1, 0.15) is 40.7 Å². The van der Waals surface area contributed by atoms with Crippen LogP contribution in [0.4, 0.5) is 0 Å². The molecule has 0 saturated carbocycles. The van der Waals surface area contributed by atoms with Crippen LogP contribution in [0.25, 0.3) is 10.8 Å². The van der Waals surface area contributed by atoms with Crippen molar-refractivity contribution in [1.82, 2.24) is 4.90 Å². The highest BCUT2D eigenvalue weighted by Gasteiger charge is 2.22. The summed E-state index contributed by atoms with van der Waals surface area (Å²) in [6.07, 6.45) is 5.79. The second-order valence-corrected chi connectivity index (χ2v) is 5.96. The lowest BCUT2D eigenvalue weighted by Gasteiger charge is -2.27. The summed E-state index contributed by atoms with van der Waals surface area (Å²) in [4.78, 5) is 14.8. The monoisotopic (exact) mass is 265 g/mol. The number of benzene rings is 2. The van der Waals surface area contributed by atoms with E-state index in [2.05, 4.69) is 24.3 Å². The summed E-state index contributed by atoms with van der Waals surface area (Å²) in [6.45, 7) is 1.84. The number of carbonyl (C=O) groups excluding carboxylic acids is 1. The van der Waals surface area contributed by atoms with Crippen molar-refractivity contribution in [2.45, 2.75) is 32.1 Å². The maximum Gasteiger partial charge on any atom is 0.254 e. The largest absolute Gasteiger partial charge is 0.339 e. The van der Waals surface area contributed by atoms with Gasteiger partial charge in [-0.2, -0.15) is 0 Å².